The molecular weight excluding hydrogens is 342 g/mol. The second-order valence-corrected chi connectivity index (χ2v) is 6.01. The molecule has 0 aliphatic carbocycles. The van der Waals surface area contributed by atoms with Crippen molar-refractivity contribution in [2.24, 2.45) is 0 Å². The molecule has 0 unspecified atom stereocenters. The molecule has 2 amide bonds. The summed E-state index contributed by atoms with van der Waals surface area (Å²) in [6.45, 7) is 1.73. The van der Waals surface area contributed by atoms with Gasteiger partial charge in [0.2, 0.25) is 5.91 Å². The molecule has 0 saturated carbocycles. The van der Waals surface area contributed by atoms with Crippen molar-refractivity contribution in [3.8, 4) is 5.75 Å². The van der Waals surface area contributed by atoms with Crippen LogP contribution in [0.15, 0.2) is 42.5 Å². The number of ether oxygens (including phenoxy) is 1. The van der Waals surface area contributed by atoms with Crippen LogP contribution in [0.5, 0.6) is 5.75 Å². The van der Waals surface area contributed by atoms with Crippen molar-refractivity contribution in [1.29, 1.82) is 0 Å². The number of anilines is 1. The summed E-state index contributed by atoms with van der Waals surface area (Å²) < 4.78 is 32.1. The fourth-order valence-electron chi connectivity index (χ4n) is 2.86. The molecule has 0 aromatic heterocycles. The molecule has 1 N–H and O–H groups in total. The number of carbonyl (C=O) groups is 2. The van der Waals surface area contributed by atoms with E-state index in [0.29, 0.717) is 11.4 Å². The van der Waals surface area contributed by atoms with Crippen LogP contribution >= 0.6 is 0 Å². The molecule has 5 nitrogen and oxygen atoms in total. The van der Waals surface area contributed by atoms with E-state index in [1.807, 2.05) is 0 Å². The molecule has 1 heterocycles. The Bertz CT molecular complexity index is 841. The lowest BCUT2D eigenvalue weighted by Gasteiger charge is -2.29. The minimum atomic E-state index is -0.713. The number of nitrogens with one attached hydrogen (secondary N) is 1. The highest BCUT2D eigenvalue weighted by atomic mass is 19.1. The standard InChI is InChI=1S/C19H18F2N2O3/c1-12(14-7-6-13(20)10-15(14)21)22-18(24)8-9-23-16-4-2-3-5-17(16)26-11-19(23)25/h2-7,10,12H,8-9,11H2,1H3,(H,22,24)/t12-/m1/s1. The van der Waals surface area contributed by atoms with Gasteiger partial charge >= 0.3 is 0 Å². The fraction of sp³-hybridized carbons (Fsp3) is 0.263. The average Bonchev–Trinajstić information content (AvgIpc) is 2.60. The molecule has 2 aromatic carbocycles. The molecule has 1 aliphatic heterocycles. The van der Waals surface area contributed by atoms with E-state index in [9.17, 15) is 18.4 Å². The Morgan fingerprint density at radius 3 is 2.81 bits per heavy atom. The SMILES string of the molecule is C[C@@H](NC(=O)CCN1C(=O)COc2ccccc21)c1ccc(F)cc1F. The van der Waals surface area contributed by atoms with Gasteiger partial charge in [0.1, 0.15) is 17.4 Å². The van der Waals surface area contributed by atoms with Crippen LogP contribution in [0.1, 0.15) is 24.9 Å². The van der Waals surface area contributed by atoms with Gasteiger partial charge in [0.15, 0.2) is 6.61 Å². The number of rotatable bonds is 5. The third-order valence-electron chi connectivity index (χ3n) is 4.18. The summed E-state index contributed by atoms with van der Waals surface area (Å²) >= 11 is 0. The van der Waals surface area contributed by atoms with E-state index in [1.165, 1.54) is 11.0 Å². The van der Waals surface area contributed by atoms with Crippen molar-refractivity contribution in [3.05, 3.63) is 59.7 Å². The topological polar surface area (TPSA) is 58.6 Å². The molecule has 26 heavy (non-hydrogen) atoms. The van der Waals surface area contributed by atoms with Crippen molar-refractivity contribution in [1.82, 2.24) is 5.32 Å². The number of fused-ring (bicyclic) bond motifs is 1. The van der Waals surface area contributed by atoms with E-state index >= 15 is 0 Å². The van der Waals surface area contributed by atoms with E-state index in [4.69, 9.17) is 4.74 Å². The zero-order chi connectivity index (χ0) is 18.7. The molecule has 0 bridgehead atoms. The maximum atomic E-state index is 13.8. The maximum absolute atomic E-state index is 13.8. The van der Waals surface area contributed by atoms with Crippen LogP contribution in [0.3, 0.4) is 0 Å². The van der Waals surface area contributed by atoms with Crippen LogP contribution in [0, 0.1) is 11.6 Å². The summed E-state index contributed by atoms with van der Waals surface area (Å²) in [5.41, 5.74) is 0.821. The van der Waals surface area contributed by atoms with Crippen molar-refractivity contribution in [2.75, 3.05) is 18.1 Å². The fourth-order valence-corrected chi connectivity index (χ4v) is 2.86. The van der Waals surface area contributed by atoms with Crippen LogP contribution in [0.4, 0.5) is 14.5 Å². The molecule has 0 spiro atoms. The zero-order valence-electron chi connectivity index (χ0n) is 14.2. The van der Waals surface area contributed by atoms with Gasteiger partial charge in [0, 0.05) is 24.6 Å². The highest BCUT2D eigenvalue weighted by molar-refractivity contribution is 5.98. The third-order valence-corrected chi connectivity index (χ3v) is 4.18. The number of halogens is 2. The van der Waals surface area contributed by atoms with Gasteiger partial charge in [-0.1, -0.05) is 18.2 Å². The van der Waals surface area contributed by atoms with E-state index in [1.54, 1.807) is 31.2 Å². The predicted molar refractivity (Wildman–Crippen MR) is 91.8 cm³/mol. The number of carbonyl (C=O) groups excluding carboxylic acids is 2. The number of para-hydroxylation sites is 2. The molecule has 136 valence electrons. The van der Waals surface area contributed by atoms with Crippen molar-refractivity contribution < 1.29 is 23.1 Å². The Hall–Kier alpha value is -2.96. The monoisotopic (exact) mass is 360 g/mol. The second kappa shape index (κ2) is 7.51. The lowest BCUT2D eigenvalue weighted by atomic mass is 10.1. The lowest BCUT2D eigenvalue weighted by Crippen LogP contribution is -2.41. The summed E-state index contributed by atoms with van der Waals surface area (Å²) in [6.07, 6.45) is 0.0488. The molecule has 0 radical (unpaired) electrons. The first-order chi connectivity index (χ1) is 12.5. The first kappa shape index (κ1) is 17.8. The first-order valence-corrected chi connectivity index (χ1v) is 8.22. The van der Waals surface area contributed by atoms with E-state index in [0.717, 1.165) is 12.1 Å². The van der Waals surface area contributed by atoms with E-state index < -0.39 is 17.7 Å². The Labute approximate surface area is 149 Å². The van der Waals surface area contributed by atoms with Gasteiger partial charge in [0.05, 0.1) is 11.7 Å². The lowest BCUT2D eigenvalue weighted by molar-refractivity contribution is -0.122. The quantitative estimate of drug-likeness (QED) is 0.892. The summed E-state index contributed by atoms with van der Waals surface area (Å²) in [7, 11) is 0. The largest absolute Gasteiger partial charge is 0.482 e. The van der Waals surface area contributed by atoms with Gasteiger partial charge < -0.3 is 15.0 Å². The second-order valence-electron chi connectivity index (χ2n) is 6.01. The van der Waals surface area contributed by atoms with Crippen molar-refractivity contribution in [2.45, 2.75) is 19.4 Å². The normalized spacial score (nSPS) is 14.4. The van der Waals surface area contributed by atoms with Crippen LogP contribution in [0.25, 0.3) is 0 Å². The summed E-state index contributed by atoms with van der Waals surface area (Å²) in [5.74, 6) is -1.36. The van der Waals surface area contributed by atoms with Gasteiger partial charge in [-0.25, -0.2) is 8.78 Å². The van der Waals surface area contributed by atoms with Gasteiger partial charge in [-0.3, -0.25) is 9.59 Å². The van der Waals surface area contributed by atoms with Crippen molar-refractivity contribution >= 4 is 17.5 Å². The number of hydrogen-bond donors (Lipinski definition) is 1. The molecule has 7 heteroatoms. The van der Waals surface area contributed by atoms with E-state index in [-0.39, 0.29) is 37.0 Å². The molecule has 2 aromatic rings. The average molecular weight is 360 g/mol. The minimum absolute atomic E-state index is 0.0488. The zero-order valence-corrected chi connectivity index (χ0v) is 14.2. The van der Waals surface area contributed by atoms with Crippen molar-refractivity contribution in [3.63, 3.8) is 0 Å². The Balaban J connectivity index is 1.61. The smallest absolute Gasteiger partial charge is 0.265 e. The number of amides is 2. The number of nitrogens with zero attached hydrogens (tertiary/aromatic N) is 1. The molecule has 1 atom stereocenters. The van der Waals surface area contributed by atoms with Gasteiger partial charge in [-0.2, -0.15) is 0 Å². The third kappa shape index (κ3) is 3.82. The Morgan fingerprint density at radius 1 is 1.27 bits per heavy atom. The number of hydrogen-bond acceptors (Lipinski definition) is 3. The Kier molecular flexibility index (Phi) is 5.16. The summed E-state index contributed by atoms with van der Waals surface area (Å²) in [5, 5.41) is 2.66. The highest BCUT2D eigenvalue weighted by Gasteiger charge is 2.25. The highest BCUT2D eigenvalue weighted by Crippen LogP contribution is 2.31. The van der Waals surface area contributed by atoms with Gasteiger partial charge in [0.25, 0.3) is 5.91 Å². The Morgan fingerprint density at radius 2 is 2.04 bits per heavy atom. The van der Waals surface area contributed by atoms with Crippen LogP contribution < -0.4 is 15.0 Å². The molecule has 0 saturated heterocycles. The molecule has 0 fully saturated rings. The summed E-state index contributed by atoms with van der Waals surface area (Å²) in [4.78, 5) is 25.8. The van der Waals surface area contributed by atoms with Crippen LogP contribution in [-0.4, -0.2) is 25.0 Å². The van der Waals surface area contributed by atoms with Gasteiger partial charge in [-0.05, 0) is 25.1 Å². The predicted octanol–water partition coefficient (Wildman–Crippen LogP) is 2.96. The molecule has 1 aliphatic rings. The molecule has 3 rings (SSSR count). The summed E-state index contributed by atoms with van der Waals surface area (Å²) in [6, 6.07) is 9.71. The maximum Gasteiger partial charge on any atom is 0.265 e. The van der Waals surface area contributed by atoms with Crippen LogP contribution in [-0.2, 0) is 9.59 Å². The van der Waals surface area contributed by atoms with Gasteiger partial charge in [-0.15, -0.1) is 0 Å². The minimum Gasteiger partial charge on any atom is -0.482 e. The first-order valence-electron chi connectivity index (χ1n) is 8.22. The van der Waals surface area contributed by atoms with E-state index in [2.05, 4.69) is 5.32 Å². The molecular formula is C19H18F2N2O3. The number of benzene rings is 2. The van der Waals surface area contributed by atoms with Crippen LogP contribution in [0.2, 0.25) is 0 Å².